The predicted octanol–water partition coefficient (Wildman–Crippen LogP) is 3.97. The summed E-state index contributed by atoms with van der Waals surface area (Å²) >= 11 is 0. The van der Waals surface area contributed by atoms with Gasteiger partial charge in [0.05, 0.1) is 12.6 Å². The standard InChI is InChI=1S/C30H29N3O5/c1-37-29(35)27(19-24-17-16-23-14-8-9-15-25(23)31-24)32-28(34)26(18-21-10-4-2-5-11-21)33-30(36)38-20-22-12-6-3-7-13-22/h2-17,26-27H,18-20H2,1H3,(H,32,34)(H,33,36)/t26-,27-/m1/s1. The van der Waals surface area contributed by atoms with E-state index in [1.54, 1.807) is 0 Å². The van der Waals surface area contributed by atoms with Gasteiger partial charge in [-0.25, -0.2) is 9.59 Å². The molecular weight excluding hydrogens is 482 g/mol. The quantitative estimate of drug-likeness (QED) is 0.312. The number of benzene rings is 3. The molecule has 38 heavy (non-hydrogen) atoms. The van der Waals surface area contributed by atoms with Gasteiger partial charge in [0.1, 0.15) is 18.7 Å². The molecule has 194 valence electrons. The molecule has 3 aromatic carbocycles. The Labute approximate surface area is 221 Å². The van der Waals surface area contributed by atoms with Gasteiger partial charge in [0.2, 0.25) is 5.91 Å². The van der Waals surface area contributed by atoms with Crippen LogP contribution < -0.4 is 10.6 Å². The van der Waals surface area contributed by atoms with E-state index in [1.807, 2.05) is 97.1 Å². The van der Waals surface area contributed by atoms with Crippen molar-refractivity contribution < 1.29 is 23.9 Å². The lowest BCUT2D eigenvalue weighted by Crippen LogP contribution is -2.53. The summed E-state index contributed by atoms with van der Waals surface area (Å²) in [5, 5.41) is 6.35. The minimum absolute atomic E-state index is 0.0603. The lowest BCUT2D eigenvalue weighted by Gasteiger charge is -2.22. The lowest BCUT2D eigenvalue weighted by molar-refractivity contribution is -0.145. The number of hydrogen-bond donors (Lipinski definition) is 2. The zero-order valence-electron chi connectivity index (χ0n) is 21.0. The van der Waals surface area contributed by atoms with Crippen LogP contribution in [0.25, 0.3) is 10.9 Å². The van der Waals surface area contributed by atoms with E-state index in [4.69, 9.17) is 9.47 Å². The van der Waals surface area contributed by atoms with Crippen molar-refractivity contribution >= 4 is 28.9 Å². The van der Waals surface area contributed by atoms with Crippen molar-refractivity contribution in [3.8, 4) is 0 Å². The first kappa shape index (κ1) is 26.3. The van der Waals surface area contributed by atoms with Crippen molar-refractivity contribution in [2.75, 3.05) is 7.11 Å². The largest absolute Gasteiger partial charge is 0.467 e. The Bertz CT molecular complexity index is 1380. The summed E-state index contributed by atoms with van der Waals surface area (Å²) in [6, 6.07) is 27.9. The average molecular weight is 512 g/mol. The minimum Gasteiger partial charge on any atom is -0.467 e. The van der Waals surface area contributed by atoms with E-state index in [1.165, 1.54) is 7.11 Å². The van der Waals surface area contributed by atoms with Gasteiger partial charge in [0.25, 0.3) is 0 Å². The van der Waals surface area contributed by atoms with Gasteiger partial charge in [-0.3, -0.25) is 9.78 Å². The predicted molar refractivity (Wildman–Crippen MR) is 143 cm³/mol. The van der Waals surface area contributed by atoms with Crippen LogP contribution in [0.3, 0.4) is 0 Å². The van der Waals surface area contributed by atoms with Gasteiger partial charge < -0.3 is 20.1 Å². The molecule has 0 saturated carbocycles. The van der Waals surface area contributed by atoms with Gasteiger partial charge in [-0.15, -0.1) is 0 Å². The maximum Gasteiger partial charge on any atom is 0.408 e. The molecule has 4 aromatic rings. The van der Waals surface area contributed by atoms with Crippen LogP contribution in [-0.4, -0.2) is 42.1 Å². The summed E-state index contributed by atoms with van der Waals surface area (Å²) in [6.45, 7) is 0.0603. The molecule has 4 rings (SSSR count). The summed E-state index contributed by atoms with van der Waals surface area (Å²) in [4.78, 5) is 43.2. The van der Waals surface area contributed by atoms with Gasteiger partial charge in [-0.2, -0.15) is 0 Å². The number of nitrogens with one attached hydrogen (secondary N) is 2. The molecule has 0 aliphatic heterocycles. The second-order valence-corrected chi connectivity index (χ2v) is 8.73. The number of fused-ring (bicyclic) bond motifs is 1. The fourth-order valence-corrected chi connectivity index (χ4v) is 4.01. The zero-order valence-corrected chi connectivity index (χ0v) is 21.0. The van der Waals surface area contributed by atoms with Gasteiger partial charge in [-0.05, 0) is 23.3 Å². The lowest BCUT2D eigenvalue weighted by atomic mass is 10.0. The highest BCUT2D eigenvalue weighted by Crippen LogP contribution is 2.14. The molecule has 0 unspecified atom stereocenters. The number of carbonyl (C=O) groups excluding carboxylic acids is 3. The highest BCUT2D eigenvalue weighted by atomic mass is 16.5. The van der Waals surface area contributed by atoms with E-state index in [-0.39, 0.29) is 19.4 Å². The molecule has 0 aliphatic rings. The van der Waals surface area contributed by atoms with Gasteiger partial charge in [0, 0.05) is 23.9 Å². The van der Waals surface area contributed by atoms with Crippen LogP contribution >= 0.6 is 0 Å². The Morgan fingerprint density at radius 1 is 0.737 bits per heavy atom. The fraction of sp³-hybridized carbons (Fsp3) is 0.200. The molecule has 8 nitrogen and oxygen atoms in total. The number of amides is 2. The second-order valence-electron chi connectivity index (χ2n) is 8.73. The van der Waals surface area contributed by atoms with Crippen LogP contribution in [0.15, 0.2) is 97.1 Å². The average Bonchev–Trinajstić information content (AvgIpc) is 2.96. The Hall–Kier alpha value is -4.72. The third kappa shape index (κ3) is 7.39. The van der Waals surface area contributed by atoms with E-state index >= 15 is 0 Å². The van der Waals surface area contributed by atoms with Crippen LogP contribution in [0.4, 0.5) is 4.79 Å². The molecule has 0 saturated heterocycles. The summed E-state index contributed by atoms with van der Waals surface area (Å²) < 4.78 is 10.3. The first-order chi connectivity index (χ1) is 18.5. The van der Waals surface area contributed by atoms with Crippen molar-refractivity contribution in [2.24, 2.45) is 0 Å². The van der Waals surface area contributed by atoms with E-state index in [0.29, 0.717) is 5.69 Å². The first-order valence-electron chi connectivity index (χ1n) is 12.3. The first-order valence-corrected chi connectivity index (χ1v) is 12.3. The third-order valence-electron chi connectivity index (χ3n) is 5.98. The molecule has 0 radical (unpaired) electrons. The third-order valence-corrected chi connectivity index (χ3v) is 5.98. The molecule has 0 aliphatic carbocycles. The summed E-state index contributed by atoms with van der Waals surface area (Å²) in [6.07, 6.45) is -0.412. The van der Waals surface area contributed by atoms with Crippen molar-refractivity contribution in [3.63, 3.8) is 0 Å². The van der Waals surface area contributed by atoms with Crippen LogP contribution in [0.1, 0.15) is 16.8 Å². The van der Waals surface area contributed by atoms with Crippen molar-refractivity contribution in [1.29, 1.82) is 0 Å². The molecule has 2 N–H and O–H groups in total. The number of ether oxygens (including phenoxy) is 2. The molecule has 8 heteroatoms. The van der Waals surface area contributed by atoms with E-state index in [0.717, 1.165) is 22.0 Å². The number of alkyl carbamates (subject to hydrolysis) is 1. The van der Waals surface area contributed by atoms with Crippen molar-refractivity contribution in [1.82, 2.24) is 15.6 Å². The minimum atomic E-state index is -0.999. The number of rotatable bonds is 10. The molecule has 2 atom stereocenters. The van der Waals surface area contributed by atoms with Crippen molar-refractivity contribution in [2.45, 2.75) is 31.5 Å². The van der Waals surface area contributed by atoms with E-state index in [2.05, 4.69) is 15.6 Å². The number of pyridine rings is 1. The number of carbonyl (C=O) groups is 3. The maximum absolute atomic E-state index is 13.4. The normalized spacial score (nSPS) is 12.2. The number of nitrogens with zero attached hydrogens (tertiary/aromatic N) is 1. The van der Waals surface area contributed by atoms with Crippen LogP contribution in [0, 0.1) is 0 Å². The van der Waals surface area contributed by atoms with Crippen LogP contribution in [-0.2, 0) is 38.5 Å². The molecule has 1 aromatic heterocycles. The number of aromatic nitrogens is 1. The van der Waals surface area contributed by atoms with E-state index < -0.39 is 30.1 Å². The number of hydrogen-bond acceptors (Lipinski definition) is 6. The van der Waals surface area contributed by atoms with Crippen LogP contribution in [0.2, 0.25) is 0 Å². The van der Waals surface area contributed by atoms with Gasteiger partial charge in [0.15, 0.2) is 0 Å². The SMILES string of the molecule is COC(=O)[C@@H](Cc1ccc2ccccc2n1)NC(=O)[C@@H](Cc1ccccc1)NC(=O)OCc1ccccc1. The second kappa shape index (κ2) is 13.0. The Kier molecular flexibility index (Phi) is 9.02. The molecule has 1 heterocycles. The summed E-state index contributed by atoms with van der Waals surface area (Å²) in [7, 11) is 1.26. The Morgan fingerprint density at radius 3 is 2.11 bits per heavy atom. The summed E-state index contributed by atoms with van der Waals surface area (Å²) in [5.74, 6) is -1.15. The van der Waals surface area contributed by atoms with Crippen molar-refractivity contribution in [3.05, 3.63) is 114 Å². The summed E-state index contributed by atoms with van der Waals surface area (Å²) in [5.41, 5.74) is 3.06. The molecule has 2 amide bonds. The smallest absolute Gasteiger partial charge is 0.408 e. The van der Waals surface area contributed by atoms with Crippen LogP contribution in [0.5, 0.6) is 0 Å². The van der Waals surface area contributed by atoms with E-state index in [9.17, 15) is 14.4 Å². The number of methoxy groups -OCH3 is 1. The highest BCUT2D eigenvalue weighted by molar-refractivity contribution is 5.90. The molecule has 0 bridgehead atoms. The fourth-order valence-electron chi connectivity index (χ4n) is 4.01. The molecular formula is C30H29N3O5. The highest BCUT2D eigenvalue weighted by Gasteiger charge is 2.28. The monoisotopic (exact) mass is 511 g/mol. The maximum atomic E-state index is 13.4. The number of para-hydroxylation sites is 1. The topological polar surface area (TPSA) is 107 Å². The van der Waals surface area contributed by atoms with Gasteiger partial charge in [-0.1, -0.05) is 84.9 Å². The zero-order chi connectivity index (χ0) is 26.7. The molecule has 0 spiro atoms. The Balaban J connectivity index is 1.48. The number of esters is 1. The van der Waals surface area contributed by atoms with Gasteiger partial charge >= 0.3 is 12.1 Å². The molecule has 0 fully saturated rings. The Morgan fingerprint density at radius 2 is 1.39 bits per heavy atom.